The molecule has 3 atom stereocenters. The molecule has 0 aromatic carbocycles. The summed E-state index contributed by atoms with van der Waals surface area (Å²) in [4.78, 5) is 39.4. The summed E-state index contributed by atoms with van der Waals surface area (Å²) in [5, 5.41) is 32.2. The van der Waals surface area contributed by atoms with E-state index in [9.17, 15) is 29.7 Å². The molecule has 344 valence electrons. The monoisotopic (exact) mass is 837 g/mol. The molecule has 60 heavy (non-hydrogen) atoms. The van der Waals surface area contributed by atoms with Crippen LogP contribution in [0.3, 0.4) is 0 Å². The van der Waals surface area contributed by atoms with Crippen LogP contribution in [-0.4, -0.2) is 33.2 Å². The molecule has 6 heteroatoms. The van der Waals surface area contributed by atoms with Crippen LogP contribution in [0.2, 0.25) is 0 Å². The maximum Gasteiger partial charge on any atom is 0.311 e. The molecule has 0 spiro atoms. The first-order valence-electron chi connectivity index (χ1n) is 24.9. The summed E-state index contributed by atoms with van der Waals surface area (Å²) in [7, 11) is 0. The molecular weight excluding hydrogens is 745 g/mol. The average Bonchev–Trinajstić information content (AvgIpc) is 3.22. The fourth-order valence-corrected chi connectivity index (χ4v) is 8.28. The number of carboxylic acids is 3. The van der Waals surface area contributed by atoms with Gasteiger partial charge in [0.15, 0.2) is 0 Å². The summed E-state index contributed by atoms with van der Waals surface area (Å²) in [6.07, 6.45) is 57.2. The maximum absolute atomic E-state index is 13.4. The molecule has 0 saturated heterocycles. The summed E-state index contributed by atoms with van der Waals surface area (Å²) >= 11 is 0. The van der Waals surface area contributed by atoms with Crippen LogP contribution in [0.15, 0.2) is 72.9 Å². The first kappa shape index (κ1) is 56.9. The van der Waals surface area contributed by atoms with E-state index in [-0.39, 0.29) is 19.3 Å². The second kappa shape index (κ2) is 42.5. The van der Waals surface area contributed by atoms with Crippen molar-refractivity contribution in [1.82, 2.24) is 0 Å². The van der Waals surface area contributed by atoms with Crippen molar-refractivity contribution in [2.75, 3.05) is 0 Å². The summed E-state index contributed by atoms with van der Waals surface area (Å²) in [5.41, 5.74) is -1.84. The summed E-state index contributed by atoms with van der Waals surface area (Å²) in [5.74, 6) is -6.10. The van der Waals surface area contributed by atoms with Crippen molar-refractivity contribution in [1.29, 1.82) is 0 Å². The molecule has 3 N–H and O–H groups in total. The Morgan fingerprint density at radius 3 is 1.07 bits per heavy atom. The van der Waals surface area contributed by atoms with Gasteiger partial charge in [-0.15, -0.1) is 0 Å². The van der Waals surface area contributed by atoms with E-state index in [2.05, 4.69) is 93.7 Å². The van der Waals surface area contributed by atoms with Gasteiger partial charge in [0, 0.05) is 0 Å². The molecule has 6 nitrogen and oxygen atoms in total. The van der Waals surface area contributed by atoms with Crippen molar-refractivity contribution in [3.63, 3.8) is 0 Å². The van der Waals surface area contributed by atoms with Gasteiger partial charge in [-0.2, -0.15) is 0 Å². The van der Waals surface area contributed by atoms with Crippen LogP contribution in [0.25, 0.3) is 0 Å². The van der Waals surface area contributed by atoms with Gasteiger partial charge in [-0.3, -0.25) is 14.4 Å². The highest BCUT2D eigenvalue weighted by atomic mass is 16.4. The molecule has 0 saturated carbocycles. The molecule has 0 heterocycles. The minimum Gasteiger partial charge on any atom is -0.481 e. The molecule has 0 aliphatic carbocycles. The van der Waals surface area contributed by atoms with Gasteiger partial charge in [0.25, 0.3) is 0 Å². The van der Waals surface area contributed by atoms with Crippen molar-refractivity contribution in [2.24, 2.45) is 17.3 Å². The van der Waals surface area contributed by atoms with Crippen LogP contribution < -0.4 is 0 Å². The van der Waals surface area contributed by atoms with Gasteiger partial charge in [-0.1, -0.05) is 196 Å². The predicted octanol–water partition coefficient (Wildman–Crippen LogP) is 16.7. The Kier molecular flexibility index (Phi) is 40.3. The Hall–Kier alpha value is -3.15. The molecule has 0 rings (SSSR count). The van der Waals surface area contributed by atoms with Crippen LogP contribution in [0.4, 0.5) is 0 Å². The number of rotatable bonds is 44. The molecular formula is C54H92O6. The third-order valence-electron chi connectivity index (χ3n) is 11.9. The van der Waals surface area contributed by atoms with E-state index in [1.165, 1.54) is 57.8 Å². The summed E-state index contributed by atoms with van der Waals surface area (Å²) < 4.78 is 0. The number of hydrogen-bond acceptors (Lipinski definition) is 3. The zero-order chi connectivity index (χ0) is 44.2. The first-order chi connectivity index (χ1) is 29.3. The average molecular weight is 837 g/mol. The Labute approximate surface area is 369 Å². The normalized spacial score (nSPS) is 14.4. The zero-order valence-corrected chi connectivity index (χ0v) is 39.0. The highest BCUT2D eigenvalue weighted by Gasteiger charge is 2.56. The quantitative estimate of drug-likeness (QED) is 0.0416. The second-order valence-corrected chi connectivity index (χ2v) is 17.1. The lowest BCUT2D eigenvalue weighted by atomic mass is 9.60. The zero-order valence-electron chi connectivity index (χ0n) is 39.0. The van der Waals surface area contributed by atoms with Crippen LogP contribution in [0, 0.1) is 17.3 Å². The van der Waals surface area contributed by atoms with Crippen molar-refractivity contribution < 1.29 is 29.7 Å². The van der Waals surface area contributed by atoms with E-state index in [1.807, 2.05) is 0 Å². The number of hydrogen-bond donors (Lipinski definition) is 3. The number of carbonyl (C=O) groups is 3. The second-order valence-electron chi connectivity index (χ2n) is 17.1. The first-order valence-corrected chi connectivity index (χ1v) is 24.9. The van der Waals surface area contributed by atoms with E-state index < -0.39 is 35.2 Å². The van der Waals surface area contributed by atoms with Crippen LogP contribution in [0.5, 0.6) is 0 Å². The van der Waals surface area contributed by atoms with Gasteiger partial charge in [0.2, 0.25) is 0 Å². The van der Waals surface area contributed by atoms with Gasteiger partial charge in [0.05, 0.1) is 17.3 Å². The third-order valence-corrected chi connectivity index (χ3v) is 11.9. The largest absolute Gasteiger partial charge is 0.481 e. The van der Waals surface area contributed by atoms with E-state index in [0.29, 0.717) is 19.3 Å². The highest BCUT2D eigenvalue weighted by molar-refractivity contribution is 5.88. The number of aliphatic carboxylic acids is 3. The summed E-state index contributed by atoms with van der Waals surface area (Å²) in [6, 6.07) is 0. The van der Waals surface area contributed by atoms with Gasteiger partial charge in [0.1, 0.15) is 0 Å². The maximum atomic E-state index is 13.4. The smallest absolute Gasteiger partial charge is 0.311 e. The molecule has 0 fully saturated rings. The Balaban J connectivity index is 5.39. The topological polar surface area (TPSA) is 112 Å². The lowest BCUT2D eigenvalue weighted by Gasteiger charge is -2.40. The Bertz CT molecular complexity index is 1210. The van der Waals surface area contributed by atoms with Crippen molar-refractivity contribution in [3.05, 3.63) is 72.9 Å². The van der Waals surface area contributed by atoms with Crippen LogP contribution in [0.1, 0.15) is 233 Å². The lowest BCUT2D eigenvalue weighted by Crippen LogP contribution is -2.51. The third kappa shape index (κ3) is 30.8. The summed E-state index contributed by atoms with van der Waals surface area (Å²) in [6.45, 7) is 6.59. The molecule has 0 aliphatic heterocycles. The molecule has 0 aromatic heterocycles. The predicted molar refractivity (Wildman–Crippen MR) is 257 cm³/mol. The van der Waals surface area contributed by atoms with E-state index in [1.54, 1.807) is 0 Å². The van der Waals surface area contributed by atoms with Gasteiger partial charge in [-0.05, 0) is 109 Å². The Morgan fingerprint density at radius 2 is 0.683 bits per heavy atom. The van der Waals surface area contributed by atoms with Gasteiger partial charge in [-0.25, -0.2) is 0 Å². The fourth-order valence-electron chi connectivity index (χ4n) is 8.28. The van der Waals surface area contributed by atoms with Gasteiger partial charge >= 0.3 is 17.9 Å². The minimum absolute atomic E-state index is 0.0759. The standard InChI is InChI=1S/C54H92O6/c1-4-7-10-13-16-19-22-25-28-31-34-37-40-43-46-49(51(55)56)54(53(59)60,48-45-42-39-36-33-30-27-24-21-18-15-12-9-6-3)50(52(57)58)47-44-41-38-35-32-29-26-23-20-17-14-11-8-5-2/h7,10,16,18-19,21,25-30,49-50H,4-6,8-9,11-15,17,20,22-24,31-48H2,1-3H3,(H,55,56)(H,57,58)(H,59,60)/b10-7-,19-16-,21-18-,28-25-,29-26-,30-27-. The highest BCUT2D eigenvalue weighted by Crippen LogP contribution is 2.47. The van der Waals surface area contributed by atoms with Crippen LogP contribution >= 0.6 is 0 Å². The number of unbranched alkanes of at least 4 members (excludes halogenated alkanes) is 21. The van der Waals surface area contributed by atoms with Gasteiger partial charge < -0.3 is 15.3 Å². The minimum atomic E-state index is -1.84. The molecule has 0 aliphatic rings. The molecule has 0 amide bonds. The van der Waals surface area contributed by atoms with E-state index >= 15 is 0 Å². The van der Waals surface area contributed by atoms with Crippen LogP contribution in [-0.2, 0) is 14.4 Å². The molecule has 0 radical (unpaired) electrons. The fraction of sp³-hybridized carbons (Fsp3) is 0.722. The molecule has 3 unspecified atom stereocenters. The number of carboxylic acid groups (broad SMARTS) is 3. The van der Waals surface area contributed by atoms with E-state index in [4.69, 9.17) is 0 Å². The Morgan fingerprint density at radius 1 is 0.383 bits per heavy atom. The van der Waals surface area contributed by atoms with E-state index in [0.717, 1.165) is 116 Å². The van der Waals surface area contributed by atoms with Crippen molar-refractivity contribution in [2.45, 2.75) is 233 Å². The van der Waals surface area contributed by atoms with Crippen molar-refractivity contribution in [3.8, 4) is 0 Å². The number of allylic oxidation sites excluding steroid dienone is 12. The molecule has 0 aromatic rings. The molecule has 0 bridgehead atoms. The van der Waals surface area contributed by atoms with Crippen molar-refractivity contribution >= 4 is 17.9 Å². The lowest BCUT2D eigenvalue weighted by molar-refractivity contribution is -0.176. The SMILES string of the molecule is CC/C=C\C/C=C\C/C=C\CCCCCCC(C(=O)O)C(CCCCCC/C=C\C/C=C\CCCCC)(C(=O)O)C(CCCCCC/C=C\CCCCCCCC)C(=O)O.